The number of hydrogen-bond donors (Lipinski definition) is 2. The topological polar surface area (TPSA) is 58.2 Å². The van der Waals surface area contributed by atoms with Gasteiger partial charge in [-0.3, -0.25) is 9.59 Å². The summed E-state index contributed by atoms with van der Waals surface area (Å²) in [5, 5.41) is 2.87. The van der Waals surface area contributed by atoms with Crippen LogP contribution in [-0.2, 0) is 11.0 Å². The minimum absolute atomic E-state index is 0.109. The third-order valence-corrected chi connectivity index (χ3v) is 6.98. The lowest BCUT2D eigenvalue weighted by Gasteiger charge is -2.20. The summed E-state index contributed by atoms with van der Waals surface area (Å²) in [5.41, 5.74) is -5.14. The van der Waals surface area contributed by atoms with E-state index in [0.29, 0.717) is 18.2 Å². The molecule has 1 unspecified atom stereocenters. The Morgan fingerprint density at radius 3 is 1.98 bits per heavy atom. The third-order valence-electron chi connectivity index (χ3n) is 5.78. The van der Waals surface area contributed by atoms with Crippen molar-refractivity contribution in [2.75, 3.05) is 6.54 Å². The minimum Gasteiger partial charge on any atom is -0.345 e. The summed E-state index contributed by atoms with van der Waals surface area (Å²) in [6.45, 7) is -1.70. The Morgan fingerprint density at radius 2 is 1.50 bits per heavy atom. The first kappa shape index (κ1) is 31.9. The fourth-order valence-corrected chi connectivity index (χ4v) is 4.25. The quantitative estimate of drug-likeness (QED) is 0.238. The second kappa shape index (κ2) is 11.3. The van der Waals surface area contributed by atoms with E-state index in [2.05, 4.69) is 0 Å². The molecule has 0 radical (unpaired) electrons. The number of carbonyl (C=O) groups is 2. The van der Waals surface area contributed by atoms with E-state index in [9.17, 15) is 49.1 Å². The van der Waals surface area contributed by atoms with Crippen LogP contribution in [0, 0.1) is 0 Å². The molecule has 1 atom stereocenters. The maximum absolute atomic E-state index is 13.8. The number of halogens is 12. The molecule has 1 aliphatic rings. The standard InChI is InChI=1S/C24H16Cl3F9N2O2/c25-16-8-12(9-17(26)18(16)27)14(23(31,32)33)4-2-11-1-3-13(15(7-11)24(34,35)36)19(39)38-21(5-6-21)20(40)37-10-22(28,29)30/h1-4,7-9,14H,5-6,10H2,(H,37,40)(H,38,39)/b4-2+. The van der Waals surface area contributed by atoms with Gasteiger partial charge in [-0.15, -0.1) is 0 Å². The maximum Gasteiger partial charge on any atom is 0.417 e. The summed E-state index contributed by atoms with van der Waals surface area (Å²) < 4.78 is 120. The SMILES string of the molecule is O=C(NC1(C(=O)NCC(F)(F)F)CC1)c1ccc(/C=C/C(c2cc(Cl)c(Cl)c(Cl)c2)C(F)(F)F)cc1C(F)(F)F. The molecule has 0 aromatic heterocycles. The molecule has 0 saturated heterocycles. The lowest BCUT2D eigenvalue weighted by molar-refractivity contribution is -0.140. The van der Waals surface area contributed by atoms with Gasteiger partial charge in [-0.05, 0) is 48.2 Å². The molecule has 1 fully saturated rings. The second-order valence-electron chi connectivity index (χ2n) is 8.81. The van der Waals surface area contributed by atoms with Gasteiger partial charge in [-0.1, -0.05) is 53.0 Å². The largest absolute Gasteiger partial charge is 0.417 e. The molecule has 2 aromatic carbocycles. The summed E-state index contributed by atoms with van der Waals surface area (Å²) >= 11 is 17.4. The number of amides is 2. The molecule has 0 aliphatic heterocycles. The first-order chi connectivity index (χ1) is 18.2. The average molecular weight is 642 g/mol. The monoisotopic (exact) mass is 640 g/mol. The molecule has 1 saturated carbocycles. The first-order valence-corrected chi connectivity index (χ1v) is 12.1. The predicted molar refractivity (Wildman–Crippen MR) is 129 cm³/mol. The van der Waals surface area contributed by atoms with Crippen molar-refractivity contribution in [3.63, 3.8) is 0 Å². The van der Waals surface area contributed by atoms with E-state index >= 15 is 0 Å². The third kappa shape index (κ3) is 7.76. The van der Waals surface area contributed by atoms with Gasteiger partial charge < -0.3 is 10.6 Å². The molecule has 1 aliphatic carbocycles. The van der Waals surface area contributed by atoms with E-state index in [-0.39, 0.29) is 33.5 Å². The summed E-state index contributed by atoms with van der Waals surface area (Å²) in [6, 6.07) is 3.85. The number of rotatable bonds is 7. The average Bonchev–Trinajstić information content (AvgIpc) is 3.59. The second-order valence-corrected chi connectivity index (χ2v) is 10.0. The number of allylic oxidation sites excluding steroid dienone is 1. The number of benzene rings is 2. The van der Waals surface area contributed by atoms with Crippen molar-refractivity contribution < 1.29 is 49.1 Å². The van der Waals surface area contributed by atoms with Crippen LogP contribution < -0.4 is 10.6 Å². The molecule has 2 aromatic rings. The molecule has 40 heavy (non-hydrogen) atoms. The minimum atomic E-state index is -5.16. The van der Waals surface area contributed by atoms with Gasteiger partial charge in [0.05, 0.1) is 32.1 Å². The molecule has 4 nitrogen and oxygen atoms in total. The number of nitrogens with one attached hydrogen (secondary N) is 2. The van der Waals surface area contributed by atoms with E-state index < -0.39 is 65.0 Å². The van der Waals surface area contributed by atoms with Crippen LogP contribution in [-0.4, -0.2) is 36.3 Å². The van der Waals surface area contributed by atoms with Crippen molar-refractivity contribution in [3.05, 3.63) is 73.7 Å². The zero-order valence-corrected chi connectivity index (χ0v) is 21.9. The summed E-state index contributed by atoms with van der Waals surface area (Å²) in [7, 11) is 0. The highest BCUT2D eigenvalue weighted by atomic mass is 35.5. The van der Waals surface area contributed by atoms with Gasteiger partial charge in [-0.25, -0.2) is 0 Å². The van der Waals surface area contributed by atoms with Crippen molar-refractivity contribution in [1.29, 1.82) is 0 Å². The lowest BCUT2D eigenvalue weighted by atomic mass is 9.96. The summed E-state index contributed by atoms with van der Waals surface area (Å²) in [4.78, 5) is 24.8. The number of hydrogen-bond acceptors (Lipinski definition) is 2. The predicted octanol–water partition coefficient (Wildman–Crippen LogP) is 7.97. The molecule has 0 bridgehead atoms. The molecule has 2 amide bonds. The lowest BCUT2D eigenvalue weighted by Crippen LogP contribution is -2.51. The van der Waals surface area contributed by atoms with Crippen LogP contribution >= 0.6 is 34.8 Å². The van der Waals surface area contributed by atoms with Gasteiger partial charge in [0.2, 0.25) is 5.91 Å². The highest BCUT2D eigenvalue weighted by Crippen LogP contribution is 2.42. The van der Waals surface area contributed by atoms with Crippen molar-refractivity contribution in [3.8, 4) is 0 Å². The van der Waals surface area contributed by atoms with Crippen molar-refractivity contribution >= 4 is 52.7 Å². The Labute approximate surface area is 235 Å². The van der Waals surface area contributed by atoms with E-state index in [1.165, 1.54) is 0 Å². The van der Waals surface area contributed by atoms with Gasteiger partial charge in [0.25, 0.3) is 5.91 Å². The zero-order chi connectivity index (χ0) is 30.3. The highest BCUT2D eigenvalue weighted by Gasteiger charge is 2.52. The smallest absolute Gasteiger partial charge is 0.345 e. The van der Waals surface area contributed by atoms with Crippen LogP contribution in [0.4, 0.5) is 39.5 Å². The fraction of sp³-hybridized carbons (Fsp3) is 0.333. The highest BCUT2D eigenvalue weighted by molar-refractivity contribution is 6.48. The van der Waals surface area contributed by atoms with Gasteiger partial charge in [0.1, 0.15) is 12.1 Å². The van der Waals surface area contributed by atoms with Crippen LogP contribution in [0.25, 0.3) is 6.08 Å². The molecular formula is C24H16Cl3F9N2O2. The Balaban J connectivity index is 1.90. The Hall–Kier alpha value is -2.64. The van der Waals surface area contributed by atoms with Crippen LogP contribution in [0.15, 0.2) is 36.4 Å². The fourth-order valence-electron chi connectivity index (χ4n) is 3.64. The van der Waals surface area contributed by atoms with Crippen LogP contribution in [0.5, 0.6) is 0 Å². The van der Waals surface area contributed by atoms with E-state index in [1.54, 1.807) is 5.32 Å². The molecule has 16 heteroatoms. The molecule has 218 valence electrons. The maximum atomic E-state index is 13.8. The Bertz CT molecular complexity index is 1310. The van der Waals surface area contributed by atoms with Crippen LogP contribution in [0.2, 0.25) is 15.1 Å². The number of alkyl halides is 9. The van der Waals surface area contributed by atoms with Gasteiger partial charge in [0.15, 0.2) is 0 Å². The van der Waals surface area contributed by atoms with E-state index in [4.69, 9.17) is 34.8 Å². The normalized spacial score (nSPS) is 16.1. The molecule has 3 rings (SSSR count). The summed E-state index contributed by atoms with van der Waals surface area (Å²) in [5.74, 6) is -4.96. The van der Waals surface area contributed by atoms with Crippen molar-refractivity contribution in [2.45, 2.75) is 42.8 Å². The van der Waals surface area contributed by atoms with Gasteiger partial charge in [0, 0.05) is 0 Å². The van der Waals surface area contributed by atoms with Crippen molar-refractivity contribution in [1.82, 2.24) is 10.6 Å². The van der Waals surface area contributed by atoms with E-state index in [0.717, 1.165) is 24.3 Å². The molecule has 0 spiro atoms. The molecular weight excluding hydrogens is 626 g/mol. The number of carbonyl (C=O) groups excluding carboxylic acids is 2. The Morgan fingerprint density at radius 1 is 0.925 bits per heavy atom. The first-order valence-electron chi connectivity index (χ1n) is 11.0. The van der Waals surface area contributed by atoms with Crippen LogP contribution in [0.1, 0.15) is 45.8 Å². The summed E-state index contributed by atoms with van der Waals surface area (Å²) in [6.07, 6.45) is -13.7. The van der Waals surface area contributed by atoms with Gasteiger partial charge >= 0.3 is 18.5 Å². The Kier molecular flexibility index (Phi) is 9.03. The molecule has 0 heterocycles. The van der Waals surface area contributed by atoms with Crippen molar-refractivity contribution in [2.24, 2.45) is 0 Å². The van der Waals surface area contributed by atoms with E-state index in [1.807, 2.05) is 5.32 Å². The van der Waals surface area contributed by atoms with Gasteiger partial charge in [-0.2, -0.15) is 39.5 Å². The molecule has 2 N–H and O–H groups in total. The van der Waals surface area contributed by atoms with Crippen LogP contribution in [0.3, 0.4) is 0 Å². The zero-order valence-electron chi connectivity index (χ0n) is 19.6.